The van der Waals surface area contributed by atoms with Crippen LogP contribution in [-0.2, 0) is 32.7 Å². The minimum absolute atomic E-state index is 0.0452. The van der Waals surface area contributed by atoms with Crippen LogP contribution >= 0.6 is 7.82 Å². The van der Waals surface area contributed by atoms with E-state index in [0.29, 0.717) is 6.42 Å². The van der Waals surface area contributed by atoms with Crippen LogP contribution in [0.4, 0.5) is 0 Å². The standard InChI is InChI=1S/C41H74NO8P/c1-3-5-7-9-11-13-15-17-19-21-23-25-27-29-31-33-40(43)47-37-39(38-49-51(45,46)48-36-35-42)50-41(44)34-32-30-28-26-24-22-20-18-16-14-12-10-8-6-4-2/h12-15,18,20,24,26,39H,3-11,16-17,19,21-23,25,27-38,42H2,1-2H3,(H,45,46)/t39-/m1/s1. The van der Waals surface area contributed by atoms with Gasteiger partial charge >= 0.3 is 19.8 Å². The van der Waals surface area contributed by atoms with Gasteiger partial charge in [0.2, 0.25) is 0 Å². The molecule has 0 aliphatic carbocycles. The van der Waals surface area contributed by atoms with E-state index >= 15 is 0 Å². The van der Waals surface area contributed by atoms with Crippen LogP contribution in [0.5, 0.6) is 0 Å². The van der Waals surface area contributed by atoms with Gasteiger partial charge in [-0.15, -0.1) is 0 Å². The van der Waals surface area contributed by atoms with E-state index in [1.807, 2.05) is 0 Å². The number of hydrogen-bond donors (Lipinski definition) is 2. The number of phosphoric acid groups is 1. The highest BCUT2D eigenvalue weighted by molar-refractivity contribution is 7.47. The Bertz CT molecular complexity index is 981. The number of rotatable bonds is 37. The Labute approximate surface area is 311 Å². The predicted octanol–water partition coefficient (Wildman–Crippen LogP) is 11.2. The summed E-state index contributed by atoms with van der Waals surface area (Å²) in [5.74, 6) is -0.881. The van der Waals surface area contributed by atoms with Gasteiger partial charge < -0.3 is 20.1 Å². The molecule has 0 saturated carbocycles. The Balaban J connectivity index is 4.28. The van der Waals surface area contributed by atoms with Gasteiger partial charge in [0, 0.05) is 19.4 Å². The zero-order chi connectivity index (χ0) is 37.5. The topological polar surface area (TPSA) is 134 Å². The van der Waals surface area contributed by atoms with E-state index in [4.69, 9.17) is 24.3 Å². The van der Waals surface area contributed by atoms with Gasteiger partial charge in [-0.3, -0.25) is 18.6 Å². The molecule has 0 aliphatic heterocycles. The minimum Gasteiger partial charge on any atom is -0.462 e. The first kappa shape index (κ1) is 49.0. The third kappa shape index (κ3) is 37.5. The first-order valence-corrected chi connectivity index (χ1v) is 21.6. The third-order valence-electron chi connectivity index (χ3n) is 8.19. The zero-order valence-electron chi connectivity index (χ0n) is 32.3. The van der Waals surface area contributed by atoms with Gasteiger partial charge in [0.05, 0.1) is 13.2 Å². The van der Waals surface area contributed by atoms with Gasteiger partial charge in [0.25, 0.3) is 0 Å². The molecular weight excluding hydrogens is 665 g/mol. The molecule has 0 amide bonds. The number of carbonyl (C=O) groups is 2. The maximum absolute atomic E-state index is 12.5. The Kier molecular flexibility index (Phi) is 36.2. The number of unbranched alkanes of at least 4 members (excludes halogenated alkanes) is 16. The van der Waals surface area contributed by atoms with Crippen LogP contribution in [0.25, 0.3) is 0 Å². The van der Waals surface area contributed by atoms with Crippen molar-refractivity contribution in [3.63, 3.8) is 0 Å². The van der Waals surface area contributed by atoms with E-state index in [2.05, 4.69) is 62.5 Å². The molecule has 51 heavy (non-hydrogen) atoms. The number of allylic oxidation sites excluding steroid dienone is 8. The van der Waals surface area contributed by atoms with Crippen LogP contribution in [0.3, 0.4) is 0 Å². The Morgan fingerprint density at radius 1 is 0.588 bits per heavy atom. The summed E-state index contributed by atoms with van der Waals surface area (Å²) in [6, 6.07) is 0. The molecule has 0 spiro atoms. The SMILES string of the molecule is CCCCCC=CCC=CCC=CCCCCC(=O)O[C@H](COC(=O)CCCCCCCCCC=CCCCCCC)COP(=O)(O)OCCN. The number of ether oxygens (including phenoxy) is 2. The fourth-order valence-electron chi connectivity index (χ4n) is 5.16. The molecular formula is C41H74NO8P. The van der Waals surface area contributed by atoms with E-state index in [-0.39, 0.29) is 32.6 Å². The van der Waals surface area contributed by atoms with Crippen molar-refractivity contribution in [3.8, 4) is 0 Å². The Morgan fingerprint density at radius 2 is 1.02 bits per heavy atom. The summed E-state index contributed by atoms with van der Waals surface area (Å²) in [6.45, 7) is 3.63. The molecule has 9 nitrogen and oxygen atoms in total. The van der Waals surface area contributed by atoms with Crippen molar-refractivity contribution < 1.29 is 37.6 Å². The molecule has 0 heterocycles. The third-order valence-corrected chi connectivity index (χ3v) is 9.17. The molecule has 0 bridgehead atoms. The molecule has 296 valence electrons. The Morgan fingerprint density at radius 3 is 1.61 bits per heavy atom. The highest BCUT2D eigenvalue weighted by Gasteiger charge is 2.25. The highest BCUT2D eigenvalue weighted by atomic mass is 31.2. The Hall–Kier alpha value is -2.03. The average Bonchev–Trinajstić information content (AvgIpc) is 3.11. The quantitative estimate of drug-likeness (QED) is 0.0276. The van der Waals surface area contributed by atoms with Crippen molar-refractivity contribution >= 4 is 19.8 Å². The molecule has 1 unspecified atom stereocenters. The summed E-state index contributed by atoms with van der Waals surface area (Å²) in [5, 5.41) is 0. The lowest BCUT2D eigenvalue weighted by Crippen LogP contribution is -2.29. The lowest BCUT2D eigenvalue weighted by Gasteiger charge is -2.19. The fraction of sp³-hybridized carbons (Fsp3) is 0.756. The average molecular weight is 740 g/mol. The van der Waals surface area contributed by atoms with Crippen LogP contribution in [0.2, 0.25) is 0 Å². The second-order valence-electron chi connectivity index (χ2n) is 13.1. The molecule has 0 rings (SSSR count). The summed E-state index contributed by atoms with van der Waals surface area (Å²) < 4.78 is 32.6. The zero-order valence-corrected chi connectivity index (χ0v) is 33.2. The van der Waals surface area contributed by atoms with Crippen molar-refractivity contribution in [3.05, 3.63) is 48.6 Å². The fourth-order valence-corrected chi connectivity index (χ4v) is 5.93. The molecule has 3 N–H and O–H groups in total. The predicted molar refractivity (Wildman–Crippen MR) is 210 cm³/mol. The van der Waals surface area contributed by atoms with E-state index in [0.717, 1.165) is 64.2 Å². The van der Waals surface area contributed by atoms with Crippen molar-refractivity contribution in [2.45, 2.75) is 174 Å². The summed E-state index contributed by atoms with van der Waals surface area (Å²) >= 11 is 0. The smallest absolute Gasteiger partial charge is 0.462 e. The number of carbonyl (C=O) groups excluding carboxylic acids is 2. The molecule has 2 atom stereocenters. The molecule has 0 aromatic rings. The van der Waals surface area contributed by atoms with Crippen LogP contribution in [0.1, 0.15) is 168 Å². The van der Waals surface area contributed by atoms with Gasteiger partial charge in [0.1, 0.15) is 6.61 Å². The molecule has 10 heteroatoms. The van der Waals surface area contributed by atoms with E-state index < -0.39 is 32.5 Å². The normalized spacial score (nSPS) is 13.9. The molecule has 0 fully saturated rings. The van der Waals surface area contributed by atoms with Crippen molar-refractivity contribution in [1.29, 1.82) is 0 Å². The summed E-state index contributed by atoms with van der Waals surface area (Å²) in [6.07, 6.45) is 41.4. The van der Waals surface area contributed by atoms with Gasteiger partial charge in [-0.1, -0.05) is 127 Å². The number of esters is 2. The maximum Gasteiger partial charge on any atom is 0.472 e. The number of hydrogen-bond acceptors (Lipinski definition) is 8. The van der Waals surface area contributed by atoms with Crippen molar-refractivity contribution in [1.82, 2.24) is 0 Å². The van der Waals surface area contributed by atoms with E-state index in [1.54, 1.807) is 0 Å². The van der Waals surface area contributed by atoms with Crippen molar-refractivity contribution in [2.24, 2.45) is 5.73 Å². The maximum atomic E-state index is 12.5. The minimum atomic E-state index is -4.38. The molecule has 0 saturated heterocycles. The summed E-state index contributed by atoms with van der Waals surface area (Å²) in [7, 11) is -4.38. The van der Waals surface area contributed by atoms with Gasteiger partial charge in [-0.05, 0) is 77.0 Å². The second kappa shape index (κ2) is 37.7. The molecule has 0 aromatic heterocycles. The van der Waals surface area contributed by atoms with E-state index in [9.17, 15) is 19.0 Å². The summed E-state index contributed by atoms with van der Waals surface area (Å²) in [5.41, 5.74) is 5.33. The van der Waals surface area contributed by atoms with Crippen LogP contribution in [-0.4, -0.2) is 49.3 Å². The number of phosphoric ester groups is 1. The molecule has 0 aromatic carbocycles. The van der Waals surface area contributed by atoms with Gasteiger partial charge in [0.15, 0.2) is 6.10 Å². The van der Waals surface area contributed by atoms with Crippen LogP contribution < -0.4 is 5.73 Å². The first-order valence-electron chi connectivity index (χ1n) is 20.1. The lowest BCUT2D eigenvalue weighted by atomic mass is 10.1. The summed E-state index contributed by atoms with van der Waals surface area (Å²) in [4.78, 5) is 34.7. The van der Waals surface area contributed by atoms with Gasteiger partial charge in [-0.2, -0.15) is 0 Å². The largest absolute Gasteiger partial charge is 0.472 e. The van der Waals surface area contributed by atoms with Crippen LogP contribution in [0.15, 0.2) is 48.6 Å². The lowest BCUT2D eigenvalue weighted by molar-refractivity contribution is -0.161. The molecule has 0 radical (unpaired) electrons. The van der Waals surface area contributed by atoms with Gasteiger partial charge in [-0.25, -0.2) is 4.57 Å². The first-order chi connectivity index (χ1) is 24.8. The van der Waals surface area contributed by atoms with Crippen molar-refractivity contribution in [2.75, 3.05) is 26.4 Å². The van der Waals surface area contributed by atoms with Crippen LogP contribution in [0, 0.1) is 0 Å². The monoisotopic (exact) mass is 740 g/mol. The second-order valence-corrected chi connectivity index (χ2v) is 14.6. The van der Waals surface area contributed by atoms with E-state index in [1.165, 1.54) is 70.6 Å². The number of nitrogens with two attached hydrogens (primary N) is 1. The highest BCUT2D eigenvalue weighted by Crippen LogP contribution is 2.43. The molecule has 0 aliphatic rings.